The van der Waals surface area contributed by atoms with E-state index in [1.54, 1.807) is 30.2 Å². The summed E-state index contributed by atoms with van der Waals surface area (Å²) >= 11 is 13.9. The first-order chi connectivity index (χ1) is 11.6. The van der Waals surface area contributed by atoms with E-state index in [4.69, 9.17) is 23.2 Å². The molecule has 0 spiro atoms. The molecule has 4 nitrogen and oxygen atoms in total. The molecule has 2 heterocycles. The van der Waals surface area contributed by atoms with Gasteiger partial charge in [0.15, 0.2) is 11.0 Å². The van der Waals surface area contributed by atoms with Crippen molar-refractivity contribution in [3.05, 3.63) is 52.8 Å². The van der Waals surface area contributed by atoms with E-state index in [9.17, 15) is 0 Å². The smallest absolute Gasteiger partial charge is 0.196 e. The number of nitrogens with zero attached hydrogens (tertiary/aromatic N) is 4. The largest absolute Gasteiger partial charge is 0.270 e. The molecule has 0 aliphatic heterocycles. The number of hydrogen-bond acceptors (Lipinski definition) is 4. The molecule has 0 aliphatic rings. The van der Waals surface area contributed by atoms with E-state index in [1.807, 2.05) is 28.8 Å². The number of pyridine rings is 1. The third-order valence-corrected chi connectivity index (χ3v) is 5.36. The minimum atomic E-state index is 0.500. The van der Waals surface area contributed by atoms with Crippen LogP contribution in [0.15, 0.2) is 47.9 Å². The van der Waals surface area contributed by atoms with Crippen LogP contribution in [0, 0.1) is 5.92 Å². The predicted octanol–water partition coefficient (Wildman–Crippen LogP) is 5.38. The Hall–Kier alpha value is -1.56. The average Bonchev–Trinajstić information content (AvgIpc) is 3.00. The van der Waals surface area contributed by atoms with Gasteiger partial charge in [-0.3, -0.25) is 9.55 Å². The van der Waals surface area contributed by atoms with Crippen molar-refractivity contribution in [3.63, 3.8) is 0 Å². The third-order valence-electron chi connectivity index (χ3n) is 3.26. The number of thioether (sulfide) groups is 1. The SMILES string of the molecule is CC(C)CSc1nnc(-c2cccnc2)n1-c1ccc(Cl)c(Cl)c1. The number of benzene rings is 1. The average molecular weight is 379 g/mol. The lowest BCUT2D eigenvalue weighted by Crippen LogP contribution is -2.01. The number of aromatic nitrogens is 4. The molecule has 0 saturated carbocycles. The maximum Gasteiger partial charge on any atom is 0.196 e. The number of rotatable bonds is 5. The molecule has 0 radical (unpaired) electrons. The molecule has 0 bridgehead atoms. The van der Waals surface area contributed by atoms with Crippen molar-refractivity contribution < 1.29 is 0 Å². The molecule has 1 aromatic carbocycles. The molecule has 0 atom stereocenters. The molecule has 0 N–H and O–H groups in total. The maximum atomic E-state index is 6.20. The molecule has 0 saturated heterocycles. The molecule has 0 aliphatic carbocycles. The molecule has 0 unspecified atom stereocenters. The van der Waals surface area contributed by atoms with Crippen molar-refractivity contribution in [2.75, 3.05) is 5.75 Å². The normalized spacial score (nSPS) is 11.2. The Balaban J connectivity index is 2.12. The fraction of sp³-hybridized carbons (Fsp3) is 0.235. The van der Waals surface area contributed by atoms with Crippen molar-refractivity contribution in [2.24, 2.45) is 5.92 Å². The van der Waals surface area contributed by atoms with Crippen LogP contribution in [0.25, 0.3) is 17.1 Å². The third kappa shape index (κ3) is 3.74. The summed E-state index contributed by atoms with van der Waals surface area (Å²) in [5, 5.41) is 10.6. The Bertz CT molecular complexity index is 834. The summed E-state index contributed by atoms with van der Waals surface area (Å²) in [5.41, 5.74) is 1.77. The van der Waals surface area contributed by atoms with E-state index < -0.39 is 0 Å². The zero-order chi connectivity index (χ0) is 17.1. The summed E-state index contributed by atoms with van der Waals surface area (Å²) in [6.07, 6.45) is 3.51. The molecule has 0 fully saturated rings. The van der Waals surface area contributed by atoms with Crippen LogP contribution in [-0.4, -0.2) is 25.5 Å². The Morgan fingerprint density at radius 1 is 1.12 bits per heavy atom. The van der Waals surface area contributed by atoms with Gasteiger partial charge in [0.05, 0.1) is 15.7 Å². The van der Waals surface area contributed by atoms with E-state index in [1.165, 1.54) is 0 Å². The van der Waals surface area contributed by atoms with Crippen LogP contribution in [0.1, 0.15) is 13.8 Å². The quantitative estimate of drug-likeness (QED) is 0.558. The molecule has 24 heavy (non-hydrogen) atoms. The standard InChI is InChI=1S/C17H16Cl2N4S/c1-11(2)10-24-17-22-21-16(12-4-3-7-20-9-12)23(17)13-5-6-14(18)15(19)8-13/h3-9,11H,10H2,1-2H3. The van der Waals surface area contributed by atoms with Gasteiger partial charge in [0.25, 0.3) is 0 Å². The lowest BCUT2D eigenvalue weighted by Gasteiger charge is -2.11. The van der Waals surface area contributed by atoms with Gasteiger partial charge in [0, 0.05) is 23.7 Å². The molecular formula is C17H16Cl2N4S. The van der Waals surface area contributed by atoms with Gasteiger partial charge in [-0.1, -0.05) is 48.8 Å². The minimum absolute atomic E-state index is 0.500. The van der Waals surface area contributed by atoms with Crippen molar-refractivity contribution in [3.8, 4) is 17.1 Å². The van der Waals surface area contributed by atoms with Gasteiger partial charge in [-0.05, 0) is 36.2 Å². The van der Waals surface area contributed by atoms with Gasteiger partial charge in [0.2, 0.25) is 0 Å². The Kier molecular flexibility index (Phi) is 5.43. The molecule has 0 amide bonds. The highest BCUT2D eigenvalue weighted by Crippen LogP contribution is 2.31. The fourth-order valence-electron chi connectivity index (χ4n) is 2.14. The maximum absolute atomic E-state index is 6.20. The fourth-order valence-corrected chi connectivity index (χ4v) is 3.34. The first-order valence-electron chi connectivity index (χ1n) is 7.50. The van der Waals surface area contributed by atoms with Gasteiger partial charge in [-0.15, -0.1) is 10.2 Å². The van der Waals surface area contributed by atoms with Crippen molar-refractivity contribution in [1.29, 1.82) is 0 Å². The number of hydrogen-bond donors (Lipinski definition) is 0. The zero-order valence-electron chi connectivity index (χ0n) is 13.3. The van der Waals surface area contributed by atoms with Gasteiger partial charge < -0.3 is 0 Å². The van der Waals surface area contributed by atoms with Crippen LogP contribution < -0.4 is 0 Å². The Labute approximate surface area is 155 Å². The zero-order valence-corrected chi connectivity index (χ0v) is 15.6. The molecule has 3 rings (SSSR count). The number of halogens is 2. The van der Waals surface area contributed by atoms with Gasteiger partial charge >= 0.3 is 0 Å². The van der Waals surface area contributed by atoms with Crippen LogP contribution in [-0.2, 0) is 0 Å². The van der Waals surface area contributed by atoms with Crippen LogP contribution in [0.4, 0.5) is 0 Å². The van der Waals surface area contributed by atoms with E-state index in [0.29, 0.717) is 16.0 Å². The van der Waals surface area contributed by atoms with Crippen LogP contribution >= 0.6 is 35.0 Å². The second kappa shape index (κ2) is 7.55. The summed E-state index contributed by atoms with van der Waals surface area (Å²) in [7, 11) is 0. The van der Waals surface area contributed by atoms with Crippen molar-refractivity contribution in [1.82, 2.24) is 19.7 Å². The second-order valence-electron chi connectivity index (χ2n) is 5.69. The molecule has 7 heteroatoms. The van der Waals surface area contributed by atoms with Gasteiger partial charge in [-0.25, -0.2) is 0 Å². The molecule has 2 aromatic heterocycles. The summed E-state index contributed by atoms with van der Waals surface area (Å²) in [6.45, 7) is 4.35. The monoisotopic (exact) mass is 378 g/mol. The van der Waals surface area contributed by atoms with Gasteiger partial charge in [-0.2, -0.15) is 0 Å². The molecule has 124 valence electrons. The van der Waals surface area contributed by atoms with Crippen LogP contribution in [0.3, 0.4) is 0 Å². The highest BCUT2D eigenvalue weighted by Gasteiger charge is 2.17. The molecular weight excluding hydrogens is 363 g/mol. The second-order valence-corrected chi connectivity index (χ2v) is 7.49. The highest BCUT2D eigenvalue weighted by molar-refractivity contribution is 7.99. The lowest BCUT2D eigenvalue weighted by atomic mass is 10.2. The van der Waals surface area contributed by atoms with Crippen LogP contribution in [0.2, 0.25) is 10.0 Å². The first kappa shape index (κ1) is 17.3. The molecule has 3 aromatic rings. The summed E-state index contributed by atoms with van der Waals surface area (Å²) in [5.74, 6) is 2.23. The summed E-state index contributed by atoms with van der Waals surface area (Å²) in [6, 6.07) is 9.36. The van der Waals surface area contributed by atoms with E-state index in [0.717, 1.165) is 28.0 Å². The summed E-state index contributed by atoms with van der Waals surface area (Å²) < 4.78 is 1.99. The predicted molar refractivity (Wildman–Crippen MR) is 100 cm³/mol. The van der Waals surface area contributed by atoms with Crippen molar-refractivity contribution in [2.45, 2.75) is 19.0 Å². The van der Waals surface area contributed by atoms with E-state index in [-0.39, 0.29) is 0 Å². The summed E-state index contributed by atoms with van der Waals surface area (Å²) in [4.78, 5) is 4.18. The Morgan fingerprint density at radius 2 is 1.96 bits per heavy atom. The Morgan fingerprint density at radius 3 is 2.62 bits per heavy atom. The van der Waals surface area contributed by atoms with E-state index in [2.05, 4.69) is 29.0 Å². The van der Waals surface area contributed by atoms with Gasteiger partial charge in [0.1, 0.15) is 0 Å². The minimum Gasteiger partial charge on any atom is -0.270 e. The first-order valence-corrected chi connectivity index (χ1v) is 9.24. The topological polar surface area (TPSA) is 43.6 Å². The van der Waals surface area contributed by atoms with E-state index >= 15 is 0 Å². The van der Waals surface area contributed by atoms with Crippen LogP contribution in [0.5, 0.6) is 0 Å². The highest BCUT2D eigenvalue weighted by atomic mass is 35.5. The van der Waals surface area contributed by atoms with Crippen molar-refractivity contribution >= 4 is 35.0 Å². The lowest BCUT2D eigenvalue weighted by molar-refractivity contribution is 0.746.